The van der Waals surface area contributed by atoms with E-state index in [0.29, 0.717) is 17.7 Å². The highest BCUT2D eigenvalue weighted by Gasteiger charge is 2.63. The molecule has 0 N–H and O–H groups in total. The lowest BCUT2D eigenvalue weighted by Crippen LogP contribution is -2.53. The van der Waals surface area contributed by atoms with Crippen molar-refractivity contribution < 1.29 is 22.4 Å². The van der Waals surface area contributed by atoms with Gasteiger partial charge in [-0.15, -0.1) is 0 Å². The summed E-state index contributed by atoms with van der Waals surface area (Å²) in [5, 5.41) is 1.72. The van der Waals surface area contributed by atoms with Crippen molar-refractivity contribution >= 4 is 5.91 Å². The Bertz CT molecular complexity index is 360. The van der Waals surface area contributed by atoms with Crippen molar-refractivity contribution in [3.8, 4) is 0 Å². The van der Waals surface area contributed by atoms with Gasteiger partial charge in [-0.05, 0) is 23.5 Å². The molecule has 0 spiro atoms. The lowest BCUT2D eigenvalue weighted by molar-refractivity contribution is -0.215. The van der Waals surface area contributed by atoms with E-state index in [-0.39, 0.29) is 13.1 Å². The quantitative estimate of drug-likeness (QED) is 0.255. The number of amides is 1. The van der Waals surface area contributed by atoms with Crippen molar-refractivity contribution in [2.24, 2.45) is 5.11 Å². The number of carbonyl (C=O) groups is 1. The molecule has 1 fully saturated rings. The Morgan fingerprint density at radius 2 is 1.61 bits per heavy atom. The molecule has 1 amide bonds. The smallest absolute Gasteiger partial charge is 0.337 e. The van der Waals surface area contributed by atoms with E-state index in [2.05, 4.69) is 0 Å². The molecule has 0 radical (unpaired) electrons. The minimum Gasteiger partial charge on any atom is -0.337 e. The van der Waals surface area contributed by atoms with Gasteiger partial charge in [0.1, 0.15) is 0 Å². The number of rotatable bonds is 3. The maximum absolute atomic E-state index is 13.3. The van der Waals surface area contributed by atoms with Gasteiger partial charge in [-0.25, -0.2) is 0 Å². The monoisotopic (exact) mass is 268 g/mol. The summed E-state index contributed by atoms with van der Waals surface area (Å²) in [6.07, 6.45) is 2.52. The Labute approximate surface area is 100 Å². The van der Waals surface area contributed by atoms with Gasteiger partial charge < -0.3 is 4.90 Å². The summed E-state index contributed by atoms with van der Waals surface area (Å²) in [6.45, 7) is 0.0293. The number of halogens is 4. The van der Waals surface area contributed by atoms with Crippen molar-refractivity contribution in [1.82, 2.24) is 4.90 Å². The number of hydrogen-bond acceptors (Lipinski definition) is 2. The number of alkyl halides is 4. The normalized spacial score (nSPS) is 17.9. The second-order valence-electron chi connectivity index (χ2n) is 4.01. The first kappa shape index (κ1) is 14.6. The summed E-state index contributed by atoms with van der Waals surface area (Å²) in [7, 11) is 0. The Hall–Kier alpha value is -1.50. The van der Waals surface area contributed by atoms with Gasteiger partial charge in [-0.1, -0.05) is 12.8 Å². The Morgan fingerprint density at radius 3 is 2.06 bits per heavy atom. The van der Waals surface area contributed by atoms with Crippen LogP contribution in [0.3, 0.4) is 0 Å². The van der Waals surface area contributed by atoms with Crippen molar-refractivity contribution in [2.45, 2.75) is 37.7 Å². The Kier molecular flexibility index (Phi) is 4.39. The van der Waals surface area contributed by atoms with Gasteiger partial charge in [-0.3, -0.25) is 4.79 Å². The van der Waals surface area contributed by atoms with Crippen LogP contribution in [0.2, 0.25) is 0 Å². The van der Waals surface area contributed by atoms with E-state index in [1.54, 1.807) is 10.0 Å². The van der Waals surface area contributed by atoms with Gasteiger partial charge in [-0.2, -0.15) is 17.6 Å². The molecule has 1 saturated heterocycles. The molecule has 0 bridgehead atoms. The van der Waals surface area contributed by atoms with Gasteiger partial charge in [0.2, 0.25) is 0 Å². The van der Waals surface area contributed by atoms with Crippen LogP contribution in [-0.4, -0.2) is 35.9 Å². The van der Waals surface area contributed by atoms with Crippen molar-refractivity contribution in [2.75, 3.05) is 13.1 Å². The molecule has 102 valence electrons. The van der Waals surface area contributed by atoms with Crippen LogP contribution in [0, 0.1) is 0 Å². The topological polar surface area (TPSA) is 69.1 Å². The maximum atomic E-state index is 13.3. The fraction of sp³-hybridized carbons (Fsp3) is 0.889. The predicted octanol–water partition coefficient (Wildman–Crippen LogP) is 2.93. The van der Waals surface area contributed by atoms with Crippen LogP contribution in [0.1, 0.15) is 25.7 Å². The van der Waals surface area contributed by atoms with Crippen LogP contribution < -0.4 is 0 Å². The molecule has 0 atom stereocenters. The first-order valence-corrected chi connectivity index (χ1v) is 5.44. The lowest BCUT2D eigenvalue weighted by atomic mass is 10.2. The van der Waals surface area contributed by atoms with Gasteiger partial charge in [0.05, 0.1) is 0 Å². The van der Waals surface area contributed by atoms with E-state index in [1.807, 2.05) is 0 Å². The number of carbonyl (C=O) groups excluding carboxylic acids is 1. The van der Waals surface area contributed by atoms with Crippen molar-refractivity contribution in [3.05, 3.63) is 10.4 Å². The molecule has 0 unspecified atom stereocenters. The molecule has 18 heavy (non-hydrogen) atoms. The van der Waals surface area contributed by atoms with E-state index < -0.39 is 17.9 Å². The second kappa shape index (κ2) is 5.43. The van der Waals surface area contributed by atoms with Crippen LogP contribution >= 0.6 is 0 Å². The number of likely N-dealkylation sites (tertiary alicyclic amines) is 1. The summed E-state index contributed by atoms with van der Waals surface area (Å²) >= 11 is 0. The second-order valence-corrected chi connectivity index (χ2v) is 4.01. The molecular formula is C9H12F4N4O. The lowest BCUT2D eigenvalue weighted by Gasteiger charge is -2.28. The number of nitrogens with zero attached hydrogens (tertiary/aromatic N) is 4. The molecule has 0 aromatic rings. The Morgan fingerprint density at radius 1 is 1.11 bits per heavy atom. The maximum Gasteiger partial charge on any atom is 0.396 e. The van der Waals surface area contributed by atoms with Crippen LogP contribution in [-0.2, 0) is 4.79 Å². The molecule has 1 rings (SSSR count). The standard InChI is InChI=1S/C9H12F4N4O/c10-8(11,9(12,13)15-16-14)7(18)17-5-3-1-2-4-6-17/h1-6H2. The zero-order valence-corrected chi connectivity index (χ0v) is 9.45. The van der Waals surface area contributed by atoms with Gasteiger partial charge in [0.15, 0.2) is 0 Å². The van der Waals surface area contributed by atoms with E-state index in [1.165, 1.54) is 0 Å². The van der Waals surface area contributed by atoms with E-state index in [0.717, 1.165) is 12.8 Å². The third-order valence-corrected chi connectivity index (χ3v) is 2.71. The third kappa shape index (κ3) is 2.84. The largest absolute Gasteiger partial charge is 0.396 e. The number of azide groups is 1. The van der Waals surface area contributed by atoms with Crippen molar-refractivity contribution in [3.63, 3.8) is 0 Å². The average Bonchev–Trinajstić information content (AvgIpc) is 2.56. The molecule has 0 aromatic carbocycles. The van der Waals surface area contributed by atoms with Crippen LogP contribution in [0.5, 0.6) is 0 Å². The fourth-order valence-electron chi connectivity index (χ4n) is 1.72. The molecule has 1 aliphatic rings. The predicted molar refractivity (Wildman–Crippen MR) is 54.1 cm³/mol. The summed E-state index contributed by atoms with van der Waals surface area (Å²) in [4.78, 5) is 13.8. The molecule has 1 heterocycles. The van der Waals surface area contributed by atoms with Gasteiger partial charge >= 0.3 is 12.0 Å². The highest BCUT2D eigenvalue weighted by Crippen LogP contribution is 2.37. The molecule has 9 heteroatoms. The van der Waals surface area contributed by atoms with Crippen LogP contribution in [0.4, 0.5) is 17.6 Å². The highest BCUT2D eigenvalue weighted by atomic mass is 19.3. The van der Waals surface area contributed by atoms with E-state index in [4.69, 9.17) is 5.53 Å². The molecule has 5 nitrogen and oxygen atoms in total. The van der Waals surface area contributed by atoms with E-state index >= 15 is 0 Å². The summed E-state index contributed by atoms with van der Waals surface area (Å²) < 4.78 is 52.4. The number of hydrogen-bond donors (Lipinski definition) is 0. The minimum absolute atomic E-state index is 0.0147. The first-order chi connectivity index (χ1) is 8.33. The molecule has 0 aromatic heterocycles. The summed E-state index contributed by atoms with van der Waals surface area (Å²) in [6, 6.07) is -5.05. The molecule has 1 aliphatic heterocycles. The zero-order valence-electron chi connectivity index (χ0n) is 9.45. The molecule has 0 saturated carbocycles. The highest BCUT2D eigenvalue weighted by molar-refractivity contribution is 5.84. The summed E-state index contributed by atoms with van der Waals surface area (Å²) in [5.74, 6) is -6.99. The van der Waals surface area contributed by atoms with Crippen LogP contribution in [0.15, 0.2) is 5.11 Å². The molecular weight excluding hydrogens is 256 g/mol. The zero-order chi connectivity index (χ0) is 13.8. The first-order valence-electron chi connectivity index (χ1n) is 5.44. The van der Waals surface area contributed by atoms with Gasteiger partial charge in [0, 0.05) is 18.0 Å². The fourth-order valence-corrected chi connectivity index (χ4v) is 1.72. The van der Waals surface area contributed by atoms with Crippen LogP contribution in [0.25, 0.3) is 10.4 Å². The minimum atomic E-state index is -5.05. The van der Waals surface area contributed by atoms with E-state index in [9.17, 15) is 22.4 Å². The third-order valence-electron chi connectivity index (χ3n) is 2.71. The van der Waals surface area contributed by atoms with Crippen molar-refractivity contribution in [1.29, 1.82) is 0 Å². The Balaban J connectivity index is 2.89. The van der Waals surface area contributed by atoms with Gasteiger partial charge in [0.25, 0.3) is 5.91 Å². The average molecular weight is 268 g/mol. The SMILES string of the molecule is [N-]=[N+]=NC(F)(F)C(F)(F)C(=O)N1CCCCCC1. The molecule has 0 aliphatic carbocycles. The summed E-state index contributed by atoms with van der Waals surface area (Å²) in [5.41, 5.74) is 7.82.